The standard InChI is InChI=1S/C21H19NO6S/c1-4-11-27-21(23)17(14-22)12-16-7-10-19(20(13-16)26-3)28-29(24,25)18-8-5-15(2)6-9-18/h4-10,12-13H,1,11H2,2-3H3/b17-12+. The van der Waals surface area contributed by atoms with Crippen molar-refractivity contribution in [2.24, 2.45) is 0 Å². The molecule has 0 radical (unpaired) electrons. The highest BCUT2D eigenvalue weighted by Gasteiger charge is 2.19. The van der Waals surface area contributed by atoms with E-state index in [1.165, 1.54) is 49.6 Å². The van der Waals surface area contributed by atoms with Gasteiger partial charge in [-0.1, -0.05) is 36.4 Å². The van der Waals surface area contributed by atoms with Crippen molar-refractivity contribution in [1.29, 1.82) is 5.26 Å². The summed E-state index contributed by atoms with van der Waals surface area (Å²) in [6.07, 6.45) is 2.68. The first kappa shape index (κ1) is 21.7. The second-order valence-corrected chi connectivity index (χ2v) is 7.36. The zero-order valence-corrected chi connectivity index (χ0v) is 16.7. The molecule has 2 aromatic rings. The van der Waals surface area contributed by atoms with E-state index in [4.69, 9.17) is 18.9 Å². The second-order valence-electron chi connectivity index (χ2n) is 5.82. The summed E-state index contributed by atoms with van der Waals surface area (Å²) in [5, 5.41) is 9.16. The van der Waals surface area contributed by atoms with Crippen LogP contribution in [0.3, 0.4) is 0 Å². The van der Waals surface area contributed by atoms with Crippen molar-refractivity contribution >= 4 is 22.2 Å². The molecule has 0 unspecified atom stereocenters. The Bertz CT molecular complexity index is 1080. The molecule has 0 saturated heterocycles. The third-order valence-corrected chi connectivity index (χ3v) is 4.93. The van der Waals surface area contributed by atoms with Gasteiger partial charge in [0.05, 0.1) is 7.11 Å². The van der Waals surface area contributed by atoms with Gasteiger partial charge in [0.2, 0.25) is 0 Å². The summed E-state index contributed by atoms with van der Waals surface area (Å²) in [6, 6.07) is 12.3. The summed E-state index contributed by atoms with van der Waals surface area (Å²) in [6.45, 7) is 5.25. The number of nitrogens with zero attached hydrogens (tertiary/aromatic N) is 1. The lowest BCUT2D eigenvalue weighted by atomic mass is 10.1. The summed E-state index contributed by atoms with van der Waals surface area (Å²) in [4.78, 5) is 11.8. The van der Waals surface area contributed by atoms with Gasteiger partial charge < -0.3 is 13.7 Å². The van der Waals surface area contributed by atoms with Gasteiger partial charge in [0.1, 0.15) is 23.1 Å². The average Bonchev–Trinajstić information content (AvgIpc) is 2.71. The molecule has 0 aromatic heterocycles. The Balaban J connectivity index is 2.32. The number of nitriles is 1. The number of carbonyl (C=O) groups is 1. The fourth-order valence-electron chi connectivity index (χ4n) is 2.23. The number of methoxy groups -OCH3 is 1. The van der Waals surface area contributed by atoms with Gasteiger partial charge in [-0.25, -0.2) is 4.79 Å². The highest BCUT2D eigenvalue weighted by Crippen LogP contribution is 2.31. The van der Waals surface area contributed by atoms with E-state index in [2.05, 4.69) is 6.58 Å². The van der Waals surface area contributed by atoms with Crippen LogP contribution >= 0.6 is 0 Å². The fraction of sp³-hybridized carbons (Fsp3) is 0.143. The Hall–Kier alpha value is -3.57. The van der Waals surface area contributed by atoms with Gasteiger partial charge in [-0.05, 0) is 42.8 Å². The molecule has 0 aliphatic heterocycles. The van der Waals surface area contributed by atoms with Crippen molar-refractivity contribution in [2.45, 2.75) is 11.8 Å². The molecule has 0 spiro atoms. The third kappa shape index (κ3) is 5.70. The van der Waals surface area contributed by atoms with Crippen molar-refractivity contribution < 1.29 is 26.9 Å². The van der Waals surface area contributed by atoms with Crippen LogP contribution in [0, 0.1) is 18.3 Å². The molecule has 2 rings (SSSR count). The summed E-state index contributed by atoms with van der Waals surface area (Å²) in [5.41, 5.74) is 1.11. The molecule has 0 aliphatic carbocycles. The number of esters is 1. The zero-order valence-electron chi connectivity index (χ0n) is 15.9. The van der Waals surface area contributed by atoms with Crippen LogP contribution in [0.2, 0.25) is 0 Å². The molecule has 0 atom stereocenters. The van der Waals surface area contributed by atoms with Gasteiger partial charge in [-0.15, -0.1) is 0 Å². The Morgan fingerprint density at radius 2 is 1.86 bits per heavy atom. The first-order valence-electron chi connectivity index (χ1n) is 8.39. The van der Waals surface area contributed by atoms with Crippen molar-refractivity contribution in [3.05, 3.63) is 71.8 Å². The van der Waals surface area contributed by atoms with Crippen LogP contribution in [0.1, 0.15) is 11.1 Å². The van der Waals surface area contributed by atoms with E-state index in [0.717, 1.165) is 5.56 Å². The minimum Gasteiger partial charge on any atom is -0.493 e. The number of benzene rings is 2. The third-order valence-electron chi connectivity index (χ3n) is 3.68. The second kappa shape index (κ2) is 9.57. The minimum absolute atomic E-state index is 0.00542. The van der Waals surface area contributed by atoms with Crippen LogP contribution in [-0.2, 0) is 19.6 Å². The Kier molecular flexibility index (Phi) is 7.17. The predicted molar refractivity (Wildman–Crippen MR) is 107 cm³/mol. The van der Waals surface area contributed by atoms with Crippen LogP contribution in [0.4, 0.5) is 0 Å². The zero-order chi connectivity index (χ0) is 21.4. The molecule has 0 saturated carbocycles. The molecule has 8 heteroatoms. The van der Waals surface area contributed by atoms with E-state index in [0.29, 0.717) is 5.56 Å². The molecule has 0 fully saturated rings. The molecule has 150 valence electrons. The van der Waals surface area contributed by atoms with E-state index in [9.17, 15) is 13.2 Å². The van der Waals surface area contributed by atoms with E-state index < -0.39 is 16.1 Å². The summed E-state index contributed by atoms with van der Waals surface area (Å²) < 4.78 is 40.2. The molecule has 0 amide bonds. The van der Waals surface area contributed by atoms with Crippen molar-refractivity contribution in [3.8, 4) is 17.6 Å². The Morgan fingerprint density at radius 1 is 1.17 bits per heavy atom. The quantitative estimate of drug-likeness (QED) is 0.215. The predicted octanol–water partition coefficient (Wildman–Crippen LogP) is 3.41. The molecule has 29 heavy (non-hydrogen) atoms. The van der Waals surface area contributed by atoms with Crippen molar-refractivity contribution in [1.82, 2.24) is 0 Å². The summed E-state index contributed by atoms with van der Waals surface area (Å²) in [5.74, 6) is -0.710. The first-order chi connectivity index (χ1) is 13.8. The minimum atomic E-state index is -4.06. The van der Waals surface area contributed by atoms with Gasteiger partial charge in [0.25, 0.3) is 0 Å². The molecular weight excluding hydrogens is 394 g/mol. The topological polar surface area (TPSA) is 103 Å². The maximum absolute atomic E-state index is 12.5. The lowest BCUT2D eigenvalue weighted by Crippen LogP contribution is -2.10. The van der Waals surface area contributed by atoms with Crippen LogP contribution in [0.5, 0.6) is 11.5 Å². The van der Waals surface area contributed by atoms with Gasteiger partial charge >= 0.3 is 16.1 Å². The van der Waals surface area contributed by atoms with Gasteiger partial charge in [0, 0.05) is 0 Å². The lowest BCUT2D eigenvalue weighted by Gasteiger charge is -2.11. The number of hydrogen-bond acceptors (Lipinski definition) is 7. The molecule has 0 bridgehead atoms. The monoisotopic (exact) mass is 413 g/mol. The molecule has 7 nitrogen and oxygen atoms in total. The highest BCUT2D eigenvalue weighted by molar-refractivity contribution is 7.87. The van der Waals surface area contributed by atoms with E-state index in [-0.39, 0.29) is 28.6 Å². The van der Waals surface area contributed by atoms with Crippen LogP contribution in [-0.4, -0.2) is 28.1 Å². The highest BCUT2D eigenvalue weighted by atomic mass is 32.2. The lowest BCUT2D eigenvalue weighted by molar-refractivity contribution is -0.137. The molecule has 0 N–H and O–H groups in total. The number of rotatable bonds is 8. The largest absolute Gasteiger partial charge is 0.493 e. The van der Waals surface area contributed by atoms with Crippen LogP contribution in [0.15, 0.2) is 65.6 Å². The van der Waals surface area contributed by atoms with E-state index >= 15 is 0 Å². The van der Waals surface area contributed by atoms with Gasteiger partial charge in [-0.2, -0.15) is 13.7 Å². The number of aryl methyl sites for hydroxylation is 1. The van der Waals surface area contributed by atoms with E-state index in [1.54, 1.807) is 18.2 Å². The normalized spacial score (nSPS) is 11.3. The number of ether oxygens (including phenoxy) is 2. The summed E-state index contributed by atoms with van der Waals surface area (Å²) in [7, 11) is -2.71. The molecule has 0 aliphatic rings. The van der Waals surface area contributed by atoms with Gasteiger partial charge in [-0.3, -0.25) is 0 Å². The Morgan fingerprint density at radius 3 is 2.45 bits per heavy atom. The van der Waals surface area contributed by atoms with Crippen molar-refractivity contribution in [2.75, 3.05) is 13.7 Å². The first-order valence-corrected chi connectivity index (χ1v) is 9.80. The fourth-order valence-corrected chi connectivity index (χ4v) is 3.17. The smallest absolute Gasteiger partial charge is 0.349 e. The van der Waals surface area contributed by atoms with Crippen LogP contribution in [0.25, 0.3) is 6.08 Å². The maximum Gasteiger partial charge on any atom is 0.349 e. The van der Waals surface area contributed by atoms with Crippen molar-refractivity contribution in [3.63, 3.8) is 0 Å². The Labute approximate surface area is 169 Å². The molecule has 2 aromatic carbocycles. The summed E-state index contributed by atoms with van der Waals surface area (Å²) >= 11 is 0. The number of carbonyl (C=O) groups excluding carboxylic acids is 1. The van der Waals surface area contributed by atoms with E-state index in [1.807, 2.05) is 6.92 Å². The number of hydrogen-bond donors (Lipinski definition) is 0. The molecular formula is C21H19NO6S. The van der Waals surface area contributed by atoms with Crippen LogP contribution < -0.4 is 8.92 Å². The average molecular weight is 413 g/mol. The SMILES string of the molecule is C=CCOC(=O)/C(C#N)=C/c1ccc(OS(=O)(=O)c2ccc(C)cc2)c(OC)c1. The maximum atomic E-state index is 12.5. The van der Waals surface area contributed by atoms with Gasteiger partial charge in [0.15, 0.2) is 11.5 Å². The molecule has 0 heterocycles.